The molecule has 0 saturated carbocycles. The van der Waals surface area contributed by atoms with Crippen LogP contribution in [0.3, 0.4) is 0 Å². The summed E-state index contributed by atoms with van der Waals surface area (Å²) >= 11 is 0. The molecule has 2 heterocycles. The lowest BCUT2D eigenvalue weighted by Crippen LogP contribution is -2.33. The fourth-order valence-electron chi connectivity index (χ4n) is 3.18. The summed E-state index contributed by atoms with van der Waals surface area (Å²) in [6.07, 6.45) is 1.97. The van der Waals surface area contributed by atoms with E-state index in [1.54, 1.807) is 0 Å². The first kappa shape index (κ1) is 18.2. The lowest BCUT2D eigenvalue weighted by molar-refractivity contribution is -0.122. The lowest BCUT2D eigenvalue weighted by Gasteiger charge is -2.22. The van der Waals surface area contributed by atoms with E-state index < -0.39 is 0 Å². The quantitative estimate of drug-likeness (QED) is 0.671. The largest absolute Gasteiger partial charge is 0.361 e. The van der Waals surface area contributed by atoms with Gasteiger partial charge in [0.1, 0.15) is 11.6 Å². The number of hydrogen-bond donors (Lipinski definition) is 2. The van der Waals surface area contributed by atoms with Crippen molar-refractivity contribution in [3.63, 3.8) is 0 Å². The molecule has 0 spiro atoms. The van der Waals surface area contributed by atoms with Crippen LogP contribution in [0.4, 0.5) is 0 Å². The topological polar surface area (TPSA) is 83.8 Å². The number of amides is 1. The molecule has 26 heavy (non-hydrogen) atoms. The van der Waals surface area contributed by atoms with Crippen LogP contribution in [0.1, 0.15) is 55.6 Å². The van der Waals surface area contributed by atoms with Crippen LogP contribution in [-0.2, 0) is 11.2 Å². The molecule has 3 aromatic rings. The normalized spacial score (nSPS) is 13.7. The molecule has 0 aliphatic carbocycles. The average molecular weight is 354 g/mol. The first-order chi connectivity index (χ1) is 12.5. The van der Waals surface area contributed by atoms with Gasteiger partial charge in [-0.05, 0) is 38.3 Å². The van der Waals surface area contributed by atoms with E-state index in [9.17, 15) is 4.79 Å². The number of fused-ring (bicyclic) bond motifs is 1. The first-order valence-electron chi connectivity index (χ1n) is 9.15. The van der Waals surface area contributed by atoms with Gasteiger partial charge in [-0.1, -0.05) is 37.6 Å². The molecule has 0 aliphatic heterocycles. The van der Waals surface area contributed by atoms with E-state index in [-0.39, 0.29) is 17.9 Å². The van der Waals surface area contributed by atoms with E-state index >= 15 is 0 Å². The maximum atomic E-state index is 12.6. The van der Waals surface area contributed by atoms with Crippen LogP contribution >= 0.6 is 0 Å². The molecular weight excluding hydrogens is 328 g/mol. The van der Waals surface area contributed by atoms with Crippen LogP contribution in [0.2, 0.25) is 0 Å². The van der Waals surface area contributed by atoms with E-state index in [0.29, 0.717) is 12.8 Å². The molecule has 3 rings (SSSR count). The fraction of sp³-hybridized carbons (Fsp3) is 0.450. The number of aromatic nitrogens is 3. The molecule has 2 N–H and O–H groups in total. The molecular formula is C20H26N4O2. The number of para-hydroxylation sites is 2. The summed E-state index contributed by atoms with van der Waals surface area (Å²) in [6.45, 7) is 8.03. The van der Waals surface area contributed by atoms with Gasteiger partial charge in [0.25, 0.3) is 0 Å². The Morgan fingerprint density at radius 2 is 2.08 bits per heavy atom. The number of carbonyl (C=O) groups is 1. The second-order valence-corrected chi connectivity index (χ2v) is 6.87. The highest BCUT2D eigenvalue weighted by atomic mass is 16.5. The number of H-pyrrole nitrogens is 1. The number of carbonyl (C=O) groups excluding carboxylic acids is 1. The molecule has 0 bridgehead atoms. The average Bonchev–Trinajstić information content (AvgIpc) is 3.20. The second kappa shape index (κ2) is 7.72. The molecule has 2 unspecified atom stereocenters. The molecule has 0 saturated heterocycles. The Labute approximate surface area is 153 Å². The van der Waals surface area contributed by atoms with Crippen molar-refractivity contribution < 1.29 is 9.32 Å². The van der Waals surface area contributed by atoms with Crippen molar-refractivity contribution in [3.05, 3.63) is 47.1 Å². The van der Waals surface area contributed by atoms with Crippen molar-refractivity contribution >= 4 is 16.9 Å². The number of hydrogen-bond acceptors (Lipinski definition) is 4. The Morgan fingerprint density at radius 3 is 2.73 bits per heavy atom. The van der Waals surface area contributed by atoms with Crippen molar-refractivity contribution in [2.24, 2.45) is 5.92 Å². The Hall–Kier alpha value is -2.63. The number of aryl methyl sites for hydroxylation is 2. The van der Waals surface area contributed by atoms with Crippen LogP contribution in [0.15, 0.2) is 28.8 Å². The third kappa shape index (κ3) is 3.79. The lowest BCUT2D eigenvalue weighted by atomic mass is 9.98. The maximum absolute atomic E-state index is 12.6. The second-order valence-electron chi connectivity index (χ2n) is 6.87. The minimum Gasteiger partial charge on any atom is -0.361 e. The summed E-state index contributed by atoms with van der Waals surface area (Å²) in [5, 5.41) is 7.11. The first-order valence-corrected chi connectivity index (χ1v) is 9.15. The molecule has 138 valence electrons. The Morgan fingerprint density at radius 1 is 1.31 bits per heavy atom. The van der Waals surface area contributed by atoms with Crippen molar-refractivity contribution in [2.75, 3.05) is 0 Å². The van der Waals surface area contributed by atoms with Gasteiger partial charge in [-0.3, -0.25) is 4.79 Å². The van der Waals surface area contributed by atoms with E-state index in [2.05, 4.69) is 34.3 Å². The van der Waals surface area contributed by atoms with Gasteiger partial charge in [-0.2, -0.15) is 0 Å². The summed E-state index contributed by atoms with van der Waals surface area (Å²) in [5.74, 6) is 1.88. The summed E-state index contributed by atoms with van der Waals surface area (Å²) in [7, 11) is 0. The summed E-state index contributed by atoms with van der Waals surface area (Å²) < 4.78 is 5.17. The van der Waals surface area contributed by atoms with E-state index in [0.717, 1.165) is 40.3 Å². The highest BCUT2D eigenvalue weighted by Gasteiger charge is 2.23. The highest BCUT2D eigenvalue weighted by Crippen LogP contribution is 2.25. The zero-order chi connectivity index (χ0) is 18.7. The monoisotopic (exact) mass is 354 g/mol. The van der Waals surface area contributed by atoms with Crippen LogP contribution < -0.4 is 5.32 Å². The molecule has 1 aromatic carbocycles. The third-order valence-corrected chi connectivity index (χ3v) is 5.02. The van der Waals surface area contributed by atoms with Crippen LogP contribution in [0.25, 0.3) is 11.0 Å². The Balaban J connectivity index is 1.73. The third-order valence-electron chi connectivity index (χ3n) is 5.02. The standard InChI is InChI=1S/C20H26N4O2/c1-5-12(2)19(20-21-16-8-6-7-9-17(16)22-20)23-18(25)11-10-15-13(3)24-26-14(15)4/h6-9,12,19H,5,10-11H2,1-4H3,(H,21,22)(H,23,25). The number of nitrogens with zero attached hydrogens (tertiary/aromatic N) is 2. The van der Waals surface area contributed by atoms with Crippen LogP contribution in [-0.4, -0.2) is 21.0 Å². The van der Waals surface area contributed by atoms with Crippen molar-refractivity contribution in [1.29, 1.82) is 0 Å². The molecule has 0 radical (unpaired) electrons. The molecule has 2 atom stereocenters. The molecule has 6 heteroatoms. The highest BCUT2D eigenvalue weighted by molar-refractivity contribution is 5.77. The van der Waals surface area contributed by atoms with Gasteiger partial charge in [0.05, 0.1) is 22.8 Å². The van der Waals surface area contributed by atoms with Gasteiger partial charge in [-0.25, -0.2) is 4.98 Å². The predicted octanol–water partition coefficient (Wildman–Crippen LogP) is 4.00. The van der Waals surface area contributed by atoms with Crippen LogP contribution in [0.5, 0.6) is 0 Å². The van der Waals surface area contributed by atoms with Gasteiger partial charge >= 0.3 is 0 Å². The van der Waals surface area contributed by atoms with E-state index in [1.807, 2.05) is 38.1 Å². The molecule has 6 nitrogen and oxygen atoms in total. The van der Waals surface area contributed by atoms with Crippen LogP contribution in [0, 0.1) is 19.8 Å². The zero-order valence-corrected chi connectivity index (χ0v) is 15.8. The molecule has 0 fully saturated rings. The number of rotatable bonds is 7. The molecule has 2 aromatic heterocycles. The smallest absolute Gasteiger partial charge is 0.220 e. The van der Waals surface area contributed by atoms with E-state index in [4.69, 9.17) is 4.52 Å². The summed E-state index contributed by atoms with van der Waals surface area (Å²) in [5.41, 5.74) is 3.77. The Kier molecular flexibility index (Phi) is 5.40. The van der Waals surface area contributed by atoms with Gasteiger partial charge in [-0.15, -0.1) is 0 Å². The van der Waals surface area contributed by atoms with Crippen molar-refractivity contribution in [3.8, 4) is 0 Å². The van der Waals surface area contributed by atoms with Crippen molar-refractivity contribution in [2.45, 2.75) is 53.0 Å². The maximum Gasteiger partial charge on any atom is 0.220 e. The predicted molar refractivity (Wildman–Crippen MR) is 101 cm³/mol. The number of benzene rings is 1. The van der Waals surface area contributed by atoms with Gasteiger partial charge in [0, 0.05) is 12.0 Å². The summed E-state index contributed by atoms with van der Waals surface area (Å²) in [6, 6.07) is 7.78. The minimum absolute atomic E-state index is 0.00996. The molecule has 1 amide bonds. The number of nitrogens with one attached hydrogen (secondary N) is 2. The SMILES string of the molecule is CCC(C)C(NC(=O)CCc1c(C)noc1C)c1nc2ccccc2[nH]1. The Bertz CT molecular complexity index is 844. The van der Waals surface area contributed by atoms with Gasteiger partial charge in [0.2, 0.25) is 5.91 Å². The van der Waals surface area contributed by atoms with Gasteiger partial charge in [0.15, 0.2) is 0 Å². The van der Waals surface area contributed by atoms with Gasteiger partial charge < -0.3 is 14.8 Å². The zero-order valence-electron chi connectivity index (χ0n) is 15.8. The van der Waals surface area contributed by atoms with Crippen molar-refractivity contribution in [1.82, 2.24) is 20.4 Å². The molecule has 0 aliphatic rings. The van der Waals surface area contributed by atoms with E-state index in [1.165, 1.54) is 0 Å². The fourth-order valence-corrected chi connectivity index (χ4v) is 3.18. The number of imidazole rings is 1. The number of aromatic amines is 1. The minimum atomic E-state index is -0.135. The summed E-state index contributed by atoms with van der Waals surface area (Å²) in [4.78, 5) is 20.6.